The van der Waals surface area contributed by atoms with Crippen molar-refractivity contribution in [1.82, 2.24) is 0 Å². The number of hydrogen-bond acceptors (Lipinski definition) is 2. The Morgan fingerprint density at radius 3 is 2.71 bits per heavy atom. The van der Waals surface area contributed by atoms with Crippen molar-refractivity contribution in [2.45, 2.75) is 12.8 Å². The van der Waals surface area contributed by atoms with Crippen LogP contribution in [0.5, 0.6) is 5.75 Å². The molecule has 0 spiro atoms. The molecule has 0 radical (unpaired) electrons. The third-order valence-corrected chi connectivity index (χ3v) is 2.38. The van der Waals surface area contributed by atoms with Gasteiger partial charge in [-0.25, -0.2) is 4.39 Å². The number of methoxy groups -OCH3 is 1. The number of carbonyl (C=O) groups is 1. The Morgan fingerprint density at radius 1 is 1.50 bits per heavy atom. The van der Waals surface area contributed by atoms with Crippen LogP contribution in [-0.2, 0) is 0 Å². The smallest absolute Gasteiger partial charge is 0.166 e. The van der Waals surface area contributed by atoms with Crippen LogP contribution in [-0.4, -0.2) is 12.9 Å². The van der Waals surface area contributed by atoms with Crippen LogP contribution < -0.4 is 4.74 Å². The van der Waals surface area contributed by atoms with Gasteiger partial charge in [0.1, 0.15) is 0 Å². The van der Waals surface area contributed by atoms with Gasteiger partial charge in [-0.15, -0.1) is 0 Å². The van der Waals surface area contributed by atoms with Crippen molar-refractivity contribution in [3.05, 3.63) is 29.6 Å². The first-order valence-electron chi connectivity index (χ1n) is 4.60. The predicted octanol–water partition coefficient (Wildman–Crippen LogP) is 2.43. The first-order chi connectivity index (χ1) is 6.72. The SMILES string of the molecule is COc1ccc(C(=O)C2CC2)cc1F. The average molecular weight is 194 g/mol. The second-order valence-corrected chi connectivity index (χ2v) is 3.49. The zero-order valence-corrected chi connectivity index (χ0v) is 7.92. The molecule has 1 aliphatic rings. The van der Waals surface area contributed by atoms with Gasteiger partial charge in [-0.05, 0) is 31.0 Å². The van der Waals surface area contributed by atoms with Crippen LogP contribution in [0.15, 0.2) is 18.2 Å². The normalized spacial score (nSPS) is 15.3. The number of benzene rings is 1. The number of Topliss-reactive ketones (excluding diaryl/α,β-unsaturated/α-hetero) is 1. The fourth-order valence-corrected chi connectivity index (χ4v) is 1.40. The molecule has 1 aromatic rings. The molecular weight excluding hydrogens is 183 g/mol. The van der Waals surface area contributed by atoms with E-state index >= 15 is 0 Å². The maximum atomic E-state index is 13.2. The van der Waals surface area contributed by atoms with Crippen molar-refractivity contribution in [3.8, 4) is 5.75 Å². The highest BCUT2D eigenvalue weighted by Crippen LogP contribution is 2.33. The topological polar surface area (TPSA) is 26.3 Å². The molecule has 0 unspecified atom stereocenters. The lowest BCUT2D eigenvalue weighted by molar-refractivity contribution is 0.0967. The van der Waals surface area contributed by atoms with E-state index in [4.69, 9.17) is 4.74 Å². The molecule has 0 N–H and O–H groups in total. The van der Waals surface area contributed by atoms with Crippen LogP contribution in [0.25, 0.3) is 0 Å². The molecular formula is C11H11FO2. The fraction of sp³-hybridized carbons (Fsp3) is 0.364. The zero-order valence-electron chi connectivity index (χ0n) is 7.92. The number of halogens is 1. The summed E-state index contributed by atoms with van der Waals surface area (Å²) < 4.78 is 18.0. The van der Waals surface area contributed by atoms with Gasteiger partial charge >= 0.3 is 0 Å². The summed E-state index contributed by atoms with van der Waals surface area (Å²) in [7, 11) is 1.40. The number of carbonyl (C=O) groups excluding carboxylic acids is 1. The molecule has 1 saturated carbocycles. The summed E-state index contributed by atoms with van der Waals surface area (Å²) in [5.74, 6) is -0.120. The molecule has 0 aliphatic heterocycles. The molecule has 1 aromatic carbocycles. The van der Waals surface area contributed by atoms with Gasteiger partial charge in [0.15, 0.2) is 17.3 Å². The van der Waals surface area contributed by atoms with E-state index in [1.807, 2.05) is 0 Å². The Morgan fingerprint density at radius 2 is 2.21 bits per heavy atom. The van der Waals surface area contributed by atoms with Crippen molar-refractivity contribution in [2.75, 3.05) is 7.11 Å². The molecule has 2 nitrogen and oxygen atoms in total. The largest absolute Gasteiger partial charge is 0.494 e. The van der Waals surface area contributed by atoms with Crippen LogP contribution in [0.4, 0.5) is 4.39 Å². The summed E-state index contributed by atoms with van der Waals surface area (Å²) in [6, 6.07) is 4.35. The lowest BCUT2D eigenvalue weighted by Crippen LogP contribution is -2.02. The van der Waals surface area contributed by atoms with E-state index in [1.54, 1.807) is 6.07 Å². The molecule has 0 heterocycles. The summed E-state index contributed by atoms with van der Waals surface area (Å²) in [5.41, 5.74) is 0.450. The molecule has 2 rings (SSSR count). The number of hydrogen-bond donors (Lipinski definition) is 0. The Balaban J connectivity index is 2.27. The van der Waals surface area contributed by atoms with Gasteiger partial charge in [0, 0.05) is 11.5 Å². The quantitative estimate of drug-likeness (QED) is 0.691. The van der Waals surface area contributed by atoms with Crippen LogP contribution in [0.2, 0.25) is 0 Å². The first-order valence-corrected chi connectivity index (χ1v) is 4.60. The second kappa shape index (κ2) is 3.40. The molecule has 14 heavy (non-hydrogen) atoms. The maximum absolute atomic E-state index is 13.2. The summed E-state index contributed by atoms with van der Waals surface area (Å²) in [4.78, 5) is 11.6. The Bertz CT molecular complexity index is 370. The molecule has 0 aromatic heterocycles. The molecule has 3 heteroatoms. The van der Waals surface area contributed by atoms with Crippen LogP contribution in [0.1, 0.15) is 23.2 Å². The van der Waals surface area contributed by atoms with Crippen molar-refractivity contribution >= 4 is 5.78 Å². The zero-order chi connectivity index (χ0) is 10.1. The van der Waals surface area contributed by atoms with Gasteiger partial charge in [0.25, 0.3) is 0 Å². The van der Waals surface area contributed by atoms with Gasteiger partial charge < -0.3 is 4.74 Å². The number of rotatable bonds is 3. The second-order valence-electron chi connectivity index (χ2n) is 3.49. The lowest BCUT2D eigenvalue weighted by atomic mass is 10.1. The lowest BCUT2D eigenvalue weighted by Gasteiger charge is -2.03. The van der Waals surface area contributed by atoms with E-state index in [-0.39, 0.29) is 17.5 Å². The number of ketones is 1. The summed E-state index contributed by atoms with van der Waals surface area (Å²) in [6.07, 6.45) is 1.87. The molecule has 0 amide bonds. The first kappa shape index (κ1) is 9.19. The molecule has 1 aliphatic carbocycles. The van der Waals surface area contributed by atoms with Gasteiger partial charge in [0.05, 0.1) is 7.11 Å². The third kappa shape index (κ3) is 1.62. The highest BCUT2D eigenvalue weighted by atomic mass is 19.1. The van der Waals surface area contributed by atoms with E-state index in [0.717, 1.165) is 12.8 Å². The molecule has 0 atom stereocenters. The Labute approximate surface area is 81.7 Å². The van der Waals surface area contributed by atoms with Gasteiger partial charge in [-0.2, -0.15) is 0 Å². The Hall–Kier alpha value is -1.38. The average Bonchev–Trinajstić information content (AvgIpc) is 3.00. The van der Waals surface area contributed by atoms with Gasteiger partial charge in [-0.1, -0.05) is 0 Å². The predicted molar refractivity (Wildman–Crippen MR) is 50.0 cm³/mol. The minimum atomic E-state index is -0.473. The van der Waals surface area contributed by atoms with Crippen molar-refractivity contribution in [3.63, 3.8) is 0 Å². The van der Waals surface area contributed by atoms with E-state index in [1.165, 1.54) is 19.2 Å². The Kier molecular flexibility index (Phi) is 2.23. The van der Waals surface area contributed by atoms with Gasteiger partial charge in [-0.3, -0.25) is 4.79 Å². The maximum Gasteiger partial charge on any atom is 0.166 e. The third-order valence-electron chi connectivity index (χ3n) is 2.38. The van der Waals surface area contributed by atoms with E-state index < -0.39 is 5.82 Å². The molecule has 74 valence electrons. The molecule has 0 bridgehead atoms. The van der Waals surface area contributed by atoms with Gasteiger partial charge in [0.2, 0.25) is 0 Å². The molecule has 0 saturated heterocycles. The monoisotopic (exact) mass is 194 g/mol. The van der Waals surface area contributed by atoms with E-state index in [9.17, 15) is 9.18 Å². The van der Waals surface area contributed by atoms with Crippen molar-refractivity contribution < 1.29 is 13.9 Å². The highest BCUT2D eigenvalue weighted by Gasteiger charge is 2.30. The van der Waals surface area contributed by atoms with Crippen molar-refractivity contribution in [1.29, 1.82) is 0 Å². The van der Waals surface area contributed by atoms with E-state index in [2.05, 4.69) is 0 Å². The number of ether oxygens (including phenoxy) is 1. The summed E-state index contributed by atoms with van der Waals surface area (Å²) in [5, 5.41) is 0. The summed E-state index contributed by atoms with van der Waals surface area (Å²) in [6.45, 7) is 0. The minimum absolute atomic E-state index is 0.0477. The van der Waals surface area contributed by atoms with Crippen LogP contribution in [0, 0.1) is 11.7 Å². The minimum Gasteiger partial charge on any atom is -0.494 e. The molecule has 1 fully saturated rings. The fourth-order valence-electron chi connectivity index (χ4n) is 1.40. The van der Waals surface area contributed by atoms with Crippen LogP contribution in [0.3, 0.4) is 0 Å². The van der Waals surface area contributed by atoms with E-state index in [0.29, 0.717) is 5.56 Å². The van der Waals surface area contributed by atoms with Crippen LogP contribution >= 0.6 is 0 Å². The van der Waals surface area contributed by atoms with Crippen molar-refractivity contribution in [2.24, 2.45) is 5.92 Å². The highest BCUT2D eigenvalue weighted by molar-refractivity contribution is 5.99. The standard InChI is InChI=1S/C11H11FO2/c1-14-10-5-4-8(6-9(10)12)11(13)7-2-3-7/h4-7H,2-3H2,1H3. The summed E-state index contributed by atoms with van der Waals surface area (Å²) >= 11 is 0.